The molecule has 51 heavy (non-hydrogen) atoms. The zero-order valence-electron chi connectivity index (χ0n) is 30.6. The number of anilines is 1. The Morgan fingerprint density at radius 2 is 1.69 bits per heavy atom. The maximum Gasteiger partial charge on any atom is 0.337 e. The first kappa shape index (κ1) is 40.2. The third kappa shape index (κ3) is 13.5. The lowest BCUT2D eigenvalue weighted by molar-refractivity contribution is -0.159. The molecule has 4 rings (SSSR count). The van der Waals surface area contributed by atoms with Crippen molar-refractivity contribution in [1.82, 2.24) is 25.1 Å². The van der Waals surface area contributed by atoms with Gasteiger partial charge in [-0.2, -0.15) is 0 Å². The number of carbonyl (C=O) groups is 4. The number of nitrogen functional groups attached to an aromatic ring is 1. The molecule has 2 aromatic rings. The molecular formula is C38H58N6O6S. The number of carbonyl (C=O) groups excluding carboxylic acids is 4. The van der Waals surface area contributed by atoms with Crippen LogP contribution in [0.15, 0.2) is 29.8 Å². The lowest BCUT2D eigenvalue weighted by Gasteiger charge is -2.32. The Bertz CT molecular complexity index is 1390. The van der Waals surface area contributed by atoms with E-state index in [1.165, 1.54) is 11.3 Å². The van der Waals surface area contributed by atoms with Gasteiger partial charge in [-0.1, -0.05) is 57.4 Å². The summed E-state index contributed by atoms with van der Waals surface area (Å²) >= 11 is 1.26. The van der Waals surface area contributed by atoms with E-state index in [1.807, 2.05) is 18.2 Å². The molecule has 282 valence electrons. The molecular weight excluding hydrogens is 669 g/mol. The van der Waals surface area contributed by atoms with Crippen molar-refractivity contribution in [3.63, 3.8) is 0 Å². The molecule has 2 saturated carbocycles. The van der Waals surface area contributed by atoms with Crippen LogP contribution in [0.3, 0.4) is 0 Å². The molecule has 2 heterocycles. The highest BCUT2D eigenvalue weighted by Gasteiger charge is 2.35. The highest BCUT2D eigenvalue weighted by molar-refractivity contribution is 7.13. The molecule has 0 saturated heterocycles. The van der Waals surface area contributed by atoms with Crippen molar-refractivity contribution in [3.05, 3.63) is 41.2 Å². The number of esters is 1. The number of nitrogens with two attached hydrogens (primary N) is 1. The van der Waals surface area contributed by atoms with Crippen molar-refractivity contribution in [2.45, 2.75) is 122 Å². The van der Waals surface area contributed by atoms with E-state index in [0.717, 1.165) is 69.9 Å². The highest BCUT2D eigenvalue weighted by atomic mass is 32.1. The first-order valence-corrected chi connectivity index (χ1v) is 19.7. The number of nitrogens with one attached hydrogen (secondary N) is 1. The highest BCUT2D eigenvalue weighted by Crippen LogP contribution is 2.29. The van der Waals surface area contributed by atoms with Gasteiger partial charge >= 0.3 is 5.97 Å². The van der Waals surface area contributed by atoms with Gasteiger partial charge in [0, 0.05) is 56.7 Å². The van der Waals surface area contributed by atoms with Crippen molar-refractivity contribution < 1.29 is 29.0 Å². The zero-order chi connectivity index (χ0) is 36.8. The maximum atomic E-state index is 14.2. The molecule has 12 nitrogen and oxygen atoms in total. The number of hydrogen-bond acceptors (Lipinski definition) is 10. The molecule has 3 unspecified atom stereocenters. The van der Waals surface area contributed by atoms with Gasteiger partial charge in [-0.25, -0.2) is 9.78 Å². The second kappa shape index (κ2) is 20.5. The summed E-state index contributed by atoms with van der Waals surface area (Å²) in [6, 6.07) is 4.81. The van der Waals surface area contributed by atoms with Crippen LogP contribution in [0.2, 0.25) is 0 Å². The molecule has 2 fully saturated rings. The summed E-state index contributed by atoms with van der Waals surface area (Å²) in [7, 11) is 1.74. The van der Waals surface area contributed by atoms with Gasteiger partial charge in [0.2, 0.25) is 17.7 Å². The molecule has 2 aliphatic rings. The van der Waals surface area contributed by atoms with Crippen molar-refractivity contribution in [1.29, 1.82) is 0 Å². The van der Waals surface area contributed by atoms with E-state index in [1.54, 1.807) is 42.3 Å². The van der Waals surface area contributed by atoms with Crippen LogP contribution in [0.4, 0.5) is 5.13 Å². The van der Waals surface area contributed by atoms with E-state index < -0.39 is 36.0 Å². The van der Waals surface area contributed by atoms with Gasteiger partial charge in [-0.15, -0.1) is 11.3 Å². The lowest BCUT2D eigenvalue weighted by atomic mass is 9.83. The number of ether oxygens (including phenoxy) is 1. The number of aliphatic hydroxyl groups is 1. The van der Waals surface area contributed by atoms with Crippen molar-refractivity contribution in [2.75, 3.05) is 32.4 Å². The van der Waals surface area contributed by atoms with Gasteiger partial charge in [-0.3, -0.25) is 19.4 Å². The summed E-state index contributed by atoms with van der Waals surface area (Å²) in [6.45, 7) is 4.24. The standard InChI is InChI=1S/C38H58N6O6S/c1-26(2)50-37(49)35(47)32(20-27-12-6-4-7-13-27)42-36(48)29(21-31-25-51-38(39)41-31)22-33(45)44(23-28-14-8-5-9-15-28)24-34(46)43(3)19-17-30-16-10-11-18-40-30/h10-11,16,18,25-29,32,35,47H,4-9,12-15,17,19-24H2,1-3H3,(H2,39,41)(H,42,48). The number of thiazole rings is 1. The van der Waals surface area contributed by atoms with Crippen LogP contribution in [0.1, 0.15) is 102 Å². The minimum Gasteiger partial charge on any atom is -0.461 e. The summed E-state index contributed by atoms with van der Waals surface area (Å²) in [4.78, 5) is 66.8. The Hall–Kier alpha value is -3.58. The molecule has 2 aromatic heterocycles. The van der Waals surface area contributed by atoms with Gasteiger partial charge in [0.1, 0.15) is 0 Å². The summed E-state index contributed by atoms with van der Waals surface area (Å²) in [5, 5.41) is 16.3. The van der Waals surface area contributed by atoms with Gasteiger partial charge in [0.25, 0.3) is 0 Å². The number of nitrogens with zero attached hydrogens (tertiary/aromatic N) is 4. The number of amides is 3. The normalized spacial score (nSPS) is 17.4. The van der Waals surface area contributed by atoms with Gasteiger partial charge < -0.3 is 30.7 Å². The number of likely N-dealkylation sites (N-methyl/N-ethyl adjacent to an activating group) is 1. The van der Waals surface area contributed by atoms with Gasteiger partial charge in [0.05, 0.1) is 30.3 Å². The smallest absolute Gasteiger partial charge is 0.337 e. The van der Waals surface area contributed by atoms with E-state index in [-0.39, 0.29) is 43.0 Å². The predicted octanol–water partition coefficient (Wildman–Crippen LogP) is 4.55. The minimum atomic E-state index is -1.55. The molecule has 0 aromatic carbocycles. The average Bonchev–Trinajstić information content (AvgIpc) is 3.54. The van der Waals surface area contributed by atoms with Crippen LogP contribution in [-0.4, -0.2) is 93.5 Å². The third-order valence-electron chi connectivity index (χ3n) is 10.2. The van der Waals surface area contributed by atoms with Crippen LogP contribution in [0.5, 0.6) is 0 Å². The molecule has 3 atom stereocenters. The Labute approximate surface area is 306 Å². The average molecular weight is 727 g/mol. The van der Waals surface area contributed by atoms with Crippen LogP contribution in [0.25, 0.3) is 0 Å². The fourth-order valence-electron chi connectivity index (χ4n) is 7.25. The zero-order valence-corrected chi connectivity index (χ0v) is 31.5. The first-order valence-electron chi connectivity index (χ1n) is 18.8. The van der Waals surface area contributed by atoms with Crippen LogP contribution in [-0.2, 0) is 36.8 Å². The summed E-state index contributed by atoms with van der Waals surface area (Å²) in [6.07, 6.45) is 11.3. The number of pyridine rings is 1. The van der Waals surface area contributed by atoms with E-state index in [9.17, 15) is 24.3 Å². The third-order valence-corrected chi connectivity index (χ3v) is 10.9. The van der Waals surface area contributed by atoms with Crippen LogP contribution < -0.4 is 11.1 Å². The fraction of sp³-hybridized carbons (Fsp3) is 0.684. The van der Waals surface area contributed by atoms with Gasteiger partial charge in [-0.05, 0) is 57.1 Å². The number of aromatic nitrogens is 2. The Morgan fingerprint density at radius 1 is 1.00 bits per heavy atom. The second-order valence-corrected chi connectivity index (χ2v) is 15.6. The second-order valence-electron chi connectivity index (χ2n) is 14.7. The lowest BCUT2D eigenvalue weighted by Crippen LogP contribution is -2.51. The van der Waals surface area contributed by atoms with E-state index >= 15 is 0 Å². The summed E-state index contributed by atoms with van der Waals surface area (Å²) < 4.78 is 5.33. The predicted molar refractivity (Wildman–Crippen MR) is 197 cm³/mol. The first-order chi connectivity index (χ1) is 24.5. The van der Waals surface area contributed by atoms with Crippen molar-refractivity contribution in [3.8, 4) is 0 Å². The largest absolute Gasteiger partial charge is 0.461 e. The summed E-state index contributed by atoms with van der Waals surface area (Å²) in [5.74, 6) is -2.05. The van der Waals surface area contributed by atoms with E-state index in [2.05, 4.69) is 15.3 Å². The molecule has 0 radical (unpaired) electrons. The van der Waals surface area contributed by atoms with Crippen molar-refractivity contribution in [2.24, 2.45) is 17.8 Å². The van der Waals surface area contributed by atoms with Gasteiger partial charge in [0.15, 0.2) is 11.2 Å². The molecule has 3 amide bonds. The Balaban J connectivity index is 1.52. The minimum absolute atomic E-state index is 0.0872. The summed E-state index contributed by atoms with van der Waals surface area (Å²) in [5.41, 5.74) is 7.39. The number of hydrogen-bond donors (Lipinski definition) is 3. The molecule has 0 bridgehead atoms. The van der Waals surface area contributed by atoms with E-state index in [4.69, 9.17) is 10.5 Å². The number of rotatable bonds is 18. The van der Waals surface area contributed by atoms with Crippen molar-refractivity contribution >= 4 is 40.2 Å². The molecule has 2 aliphatic carbocycles. The van der Waals surface area contributed by atoms with Crippen LogP contribution >= 0.6 is 11.3 Å². The van der Waals surface area contributed by atoms with Crippen LogP contribution in [0, 0.1) is 17.8 Å². The monoisotopic (exact) mass is 726 g/mol. The Morgan fingerprint density at radius 3 is 2.29 bits per heavy atom. The molecule has 0 spiro atoms. The SMILES string of the molecule is CC(C)OC(=O)C(O)C(CC1CCCCC1)NC(=O)C(CC(=O)N(CC(=O)N(C)CCc1ccccn1)CC1CCCCC1)Cc1csc(N)n1. The fourth-order valence-corrected chi connectivity index (χ4v) is 7.83. The number of aliphatic hydroxyl groups excluding tert-OH is 1. The maximum absolute atomic E-state index is 14.2. The molecule has 13 heteroatoms. The Kier molecular flexibility index (Phi) is 16.1. The quantitative estimate of drug-likeness (QED) is 0.187. The van der Waals surface area contributed by atoms with E-state index in [0.29, 0.717) is 36.8 Å². The molecule has 0 aliphatic heterocycles. The topological polar surface area (TPSA) is 168 Å². The molecule has 4 N–H and O–H groups in total.